The molecule has 0 aliphatic carbocycles. The molecule has 3 amide bonds. The number of methoxy groups -OCH3 is 1. The average molecular weight is 734 g/mol. The Hall–Kier alpha value is -5.30. The Morgan fingerprint density at radius 1 is 0.852 bits per heavy atom. The Bertz CT molecular complexity index is 2160. The zero-order valence-electron chi connectivity index (χ0n) is 31.8. The first-order chi connectivity index (χ1) is 26.1. The predicted molar refractivity (Wildman–Crippen MR) is 208 cm³/mol. The first kappa shape index (κ1) is 37.0. The number of rotatable bonds is 11. The summed E-state index contributed by atoms with van der Waals surface area (Å²) in [4.78, 5) is 64.1. The number of pyridine rings is 1. The summed E-state index contributed by atoms with van der Waals surface area (Å²) < 4.78 is 4.81. The Balaban J connectivity index is 1.08. The van der Waals surface area contributed by atoms with E-state index in [-0.39, 0.29) is 35.7 Å². The van der Waals surface area contributed by atoms with Gasteiger partial charge in [0.05, 0.1) is 60.1 Å². The Morgan fingerprint density at radius 2 is 1.50 bits per heavy atom. The van der Waals surface area contributed by atoms with Crippen molar-refractivity contribution in [3.8, 4) is 22.5 Å². The quantitative estimate of drug-likeness (QED) is 0.117. The molecule has 0 unspecified atom stereocenters. The molecule has 5 N–H and O–H groups in total. The topological polar surface area (TPSA) is 175 Å². The molecule has 2 aromatic carbocycles. The van der Waals surface area contributed by atoms with Gasteiger partial charge in [-0.3, -0.25) is 14.6 Å². The second-order valence-electron chi connectivity index (χ2n) is 15.0. The molecule has 7 rings (SSSR count). The highest BCUT2D eigenvalue weighted by atomic mass is 16.5. The fourth-order valence-corrected chi connectivity index (χ4v) is 7.84. The fraction of sp³-hybridized carbons (Fsp3) is 0.463. The van der Waals surface area contributed by atoms with Gasteiger partial charge >= 0.3 is 6.09 Å². The normalized spacial score (nSPS) is 19.6. The van der Waals surface area contributed by atoms with Gasteiger partial charge in [-0.1, -0.05) is 64.8 Å². The molecule has 13 nitrogen and oxygen atoms in total. The van der Waals surface area contributed by atoms with E-state index in [0.717, 1.165) is 94.5 Å². The highest BCUT2D eigenvalue weighted by Crippen LogP contribution is 2.35. The summed E-state index contributed by atoms with van der Waals surface area (Å²) in [6, 6.07) is 13.1. The van der Waals surface area contributed by atoms with Crippen molar-refractivity contribution in [3.05, 3.63) is 66.5 Å². The van der Waals surface area contributed by atoms with Gasteiger partial charge in [0.2, 0.25) is 11.8 Å². The van der Waals surface area contributed by atoms with E-state index in [0.29, 0.717) is 13.1 Å². The third-order valence-corrected chi connectivity index (χ3v) is 11.6. The zero-order valence-corrected chi connectivity index (χ0v) is 31.8. The molecule has 2 aliphatic rings. The minimum atomic E-state index is -0.671. The lowest BCUT2D eigenvalue weighted by Gasteiger charge is -2.30. The van der Waals surface area contributed by atoms with E-state index in [2.05, 4.69) is 58.6 Å². The maximum atomic E-state index is 13.7. The average Bonchev–Trinajstić information content (AvgIpc) is 4.04. The lowest BCUT2D eigenvalue weighted by molar-refractivity contribution is -0.136. The number of fused-ring (bicyclic) bond motifs is 2. The summed E-state index contributed by atoms with van der Waals surface area (Å²) >= 11 is 0. The largest absolute Gasteiger partial charge is 0.453 e. The van der Waals surface area contributed by atoms with Gasteiger partial charge in [0, 0.05) is 24.2 Å². The third-order valence-electron chi connectivity index (χ3n) is 11.6. The van der Waals surface area contributed by atoms with Crippen molar-refractivity contribution in [1.29, 1.82) is 0 Å². The number of carbonyl (C=O) groups is 3. The van der Waals surface area contributed by atoms with Crippen LogP contribution in [-0.2, 0) is 14.3 Å². The first-order valence-corrected chi connectivity index (χ1v) is 19.3. The number of likely N-dealkylation sites (tertiary alicyclic amines) is 2. The number of aromatic amines is 2. The second kappa shape index (κ2) is 15.6. The number of nitrogens with zero attached hydrogens (tertiary/aromatic N) is 5. The smallest absolute Gasteiger partial charge is 0.407 e. The molecule has 2 fully saturated rings. The van der Waals surface area contributed by atoms with Gasteiger partial charge in [0.15, 0.2) is 0 Å². The maximum absolute atomic E-state index is 13.7. The van der Waals surface area contributed by atoms with E-state index in [1.807, 2.05) is 49.0 Å². The van der Waals surface area contributed by atoms with Crippen LogP contribution in [0.1, 0.15) is 90.0 Å². The predicted octanol–water partition coefficient (Wildman–Crippen LogP) is 6.64. The molecule has 0 saturated carbocycles. The Labute approximate surface area is 315 Å². The highest BCUT2D eigenvalue weighted by molar-refractivity contribution is 5.91. The lowest BCUT2D eigenvalue weighted by Crippen LogP contribution is -2.51. The summed E-state index contributed by atoms with van der Waals surface area (Å²) in [7, 11) is 1.30. The summed E-state index contributed by atoms with van der Waals surface area (Å²) in [6.45, 7) is 9.33. The molecule has 2 saturated heterocycles. The molecule has 0 radical (unpaired) electrons. The number of hydrogen-bond acceptors (Lipinski definition) is 8. The van der Waals surface area contributed by atoms with Crippen LogP contribution in [0.2, 0.25) is 0 Å². The number of H-pyrrole nitrogens is 2. The van der Waals surface area contributed by atoms with Crippen LogP contribution in [0.5, 0.6) is 0 Å². The number of ether oxygens (including phenoxy) is 1. The second-order valence-corrected chi connectivity index (χ2v) is 15.0. The molecule has 6 atom stereocenters. The van der Waals surface area contributed by atoms with E-state index < -0.39 is 18.2 Å². The number of imidazole rings is 2. The molecule has 13 heteroatoms. The van der Waals surface area contributed by atoms with Crippen LogP contribution in [-0.4, -0.2) is 84.9 Å². The van der Waals surface area contributed by atoms with Crippen LogP contribution in [0, 0.1) is 11.8 Å². The van der Waals surface area contributed by atoms with Gasteiger partial charge < -0.3 is 35.6 Å². The van der Waals surface area contributed by atoms with Crippen LogP contribution >= 0.6 is 0 Å². The van der Waals surface area contributed by atoms with E-state index in [1.54, 1.807) is 0 Å². The van der Waals surface area contributed by atoms with Crippen molar-refractivity contribution < 1.29 is 19.1 Å². The molecule has 54 heavy (non-hydrogen) atoms. The van der Waals surface area contributed by atoms with Gasteiger partial charge in [0.25, 0.3) is 0 Å². The minimum Gasteiger partial charge on any atom is -0.453 e. The van der Waals surface area contributed by atoms with E-state index >= 15 is 0 Å². The van der Waals surface area contributed by atoms with Crippen molar-refractivity contribution in [2.45, 2.75) is 90.4 Å². The van der Waals surface area contributed by atoms with Crippen LogP contribution in [0.4, 0.5) is 4.79 Å². The van der Waals surface area contributed by atoms with Gasteiger partial charge in [-0.05, 0) is 66.5 Å². The molecule has 0 spiro atoms. The number of nitrogens with two attached hydrogens (primary N) is 1. The van der Waals surface area contributed by atoms with Crippen molar-refractivity contribution >= 4 is 39.7 Å². The summed E-state index contributed by atoms with van der Waals surface area (Å²) in [5.41, 5.74) is 11.6. The number of alkyl carbamates (subject to hydrolysis) is 1. The Morgan fingerprint density at radius 3 is 2.19 bits per heavy atom. The van der Waals surface area contributed by atoms with Crippen molar-refractivity contribution in [2.75, 3.05) is 20.2 Å². The maximum Gasteiger partial charge on any atom is 0.407 e. The fourth-order valence-electron chi connectivity index (χ4n) is 7.84. The molecular formula is C41H51N9O4. The number of amides is 3. The van der Waals surface area contributed by atoms with Crippen molar-refractivity contribution in [1.82, 2.24) is 40.0 Å². The monoisotopic (exact) mass is 733 g/mol. The van der Waals surface area contributed by atoms with Crippen LogP contribution in [0.15, 0.2) is 54.9 Å². The number of nitrogens with one attached hydrogen (secondary N) is 3. The van der Waals surface area contributed by atoms with Gasteiger partial charge in [-0.25, -0.2) is 14.8 Å². The minimum absolute atomic E-state index is 0.00705. The van der Waals surface area contributed by atoms with E-state index in [1.165, 1.54) is 7.11 Å². The van der Waals surface area contributed by atoms with Gasteiger partial charge in [0.1, 0.15) is 17.7 Å². The van der Waals surface area contributed by atoms with Crippen molar-refractivity contribution in [3.63, 3.8) is 0 Å². The zero-order chi connectivity index (χ0) is 38.1. The first-order valence-electron chi connectivity index (χ1n) is 19.3. The summed E-state index contributed by atoms with van der Waals surface area (Å²) in [5, 5.41) is 4.89. The number of carbonyl (C=O) groups excluding carboxylic acids is 3. The number of benzene rings is 2. The summed E-state index contributed by atoms with van der Waals surface area (Å²) in [6.07, 6.45) is 8.03. The summed E-state index contributed by atoms with van der Waals surface area (Å²) in [5.74, 6) is 1.45. The van der Waals surface area contributed by atoms with E-state index in [9.17, 15) is 14.4 Å². The molecule has 3 aromatic heterocycles. The third kappa shape index (κ3) is 7.16. The Kier molecular flexibility index (Phi) is 10.7. The molecule has 2 aliphatic heterocycles. The highest BCUT2D eigenvalue weighted by Gasteiger charge is 2.38. The molecule has 0 bridgehead atoms. The SMILES string of the molecule is CC[C@H](C)[C@H](N)C(=O)N1CCC[C@H]1c1nc2cc(-c3ccc4cc(-c5cnc([C@@H]6CCCN6C(=O)[C@@H](NC(=O)OC)[C@@H](C)CC)[nH]5)ccc4c3)ncc2[nH]1. The van der Waals surface area contributed by atoms with Crippen LogP contribution in [0.25, 0.3) is 44.3 Å². The molecule has 5 aromatic rings. The molecular weight excluding hydrogens is 683 g/mol. The van der Waals surface area contributed by atoms with Crippen molar-refractivity contribution in [2.24, 2.45) is 17.6 Å². The van der Waals surface area contributed by atoms with Gasteiger partial charge in [-0.15, -0.1) is 0 Å². The van der Waals surface area contributed by atoms with Crippen LogP contribution in [0.3, 0.4) is 0 Å². The molecule has 5 heterocycles. The standard InChI is InChI=1S/C41H51N9O4/c1-6-23(3)35(42)39(51)49-16-9-11-34(49)38-45-30-20-29(43-22-32(30)47-38)27-14-12-26-19-28(15-13-25(26)18-27)31-21-44-37(46-31)33-10-8-17-50(33)40(52)36(24(4)7-2)48-41(53)54-5/h12-15,18-24,33-36H,6-11,16-17,42H2,1-5H3,(H,44,46)(H,45,47)(H,48,53)/t23-,24-,33-,34-,35-,36-/m0/s1. The molecule has 284 valence electrons. The van der Waals surface area contributed by atoms with Crippen LogP contribution < -0.4 is 11.1 Å². The van der Waals surface area contributed by atoms with Gasteiger partial charge in [-0.2, -0.15) is 0 Å². The lowest BCUT2D eigenvalue weighted by atomic mass is 9.97. The van der Waals surface area contributed by atoms with E-state index in [4.69, 9.17) is 25.4 Å². The number of hydrogen-bond donors (Lipinski definition) is 4. The number of aromatic nitrogens is 5.